The van der Waals surface area contributed by atoms with Gasteiger partial charge in [0.25, 0.3) is 0 Å². The van der Waals surface area contributed by atoms with E-state index in [0.717, 1.165) is 0 Å². The molecule has 160 valence electrons. The van der Waals surface area contributed by atoms with Crippen molar-refractivity contribution in [2.75, 3.05) is 11.1 Å². The molecule has 7 nitrogen and oxygen atoms in total. The molecule has 0 saturated heterocycles. The zero-order chi connectivity index (χ0) is 22.3. The third-order valence-corrected chi connectivity index (χ3v) is 4.65. The molecule has 0 unspecified atom stereocenters. The lowest BCUT2D eigenvalue weighted by molar-refractivity contribution is -0.141. The average molecular weight is 453 g/mol. The van der Waals surface area contributed by atoms with E-state index < -0.39 is 23.6 Å². The number of nitrogens with two attached hydrogens (primary N) is 1. The number of aromatic nitrogens is 4. The number of H-pyrrole nitrogens is 1. The van der Waals surface area contributed by atoms with Crippen molar-refractivity contribution in [3.63, 3.8) is 0 Å². The zero-order valence-corrected chi connectivity index (χ0v) is 16.4. The highest BCUT2D eigenvalue weighted by Gasteiger charge is 2.33. The summed E-state index contributed by atoms with van der Waals surface area (Å²) in [5.41, 5.74) is 4.88. The van der Waals surface area contributed by atoms with Crippen LogP contribution in [0, 0.1) is 12.7 Å². The summed E-state index contributed by atoms with van der Waals surface area (Å²) in [6, 6.07) is 4.98. The second-order valence-corrected chi connectivity index (χ2v) is 6.85. The Hall–Kier alpha value is -3.60. The van der Waals surface area contributed by atoms with E-state index >= 15 is 0 Å². The normalized spacial score (nSPS) is 11.7. The molecule has 0 amide bonds. The number of benzene rings is 1. The molecule has 4 rings (SSSR count). The summed E-state index contributed by atoms with van der Waals surface area (Å²) in [6.45, 7) is 1.44. The van der Waals surface area contributed by atoms with Crippen LogP contribution in [0.3, 0.4) is 0 Å². The number of anilines is 3. The number of fused-ring (bicyclic) bond motifs is 1. The summed E-state index contributed by atoms with van der Waals surface area (Å²) in [4.78, 5) is 13.9. The second-order valence-electron chi connectivity index (χ2n) is 6.44. The van der Waals surface area contributed by atoms with Crippen molar-refractivity contribution in [1.82, 2.24) is 19.9 Å². The maximum Gasteiger partial charge on any atom is 0.433 e. The number of ether oxygens (including phenoxy) is 1. The van der Waals surface area contributed by atoms with Crippen LogP contribution in [0.5, 0.6) is 11.5 Å². The summed E-state index contributed by atoms with van der Waals surface area (Å²) in [5.74, 6) is -1.34. The first-order chi connectivity index (χ1) is 14.6. The Labute approximate surface area is 177 Å². The number of pyridine rings is 1. The van der Waals surface area contributed by atoms with Crippen LogP contribution in [0.15, 0.2) is 36.7 Å². The lowest BCUT2D eigenvalue weighted by Gasteiger charge is -2.15. The van der Waals surface area contributed by atoms with Crippen molar-refractivity contribution in [2.45, 2.75) is 13.1 Å². The molecule has 0 bridgehead atoms. The van der Waals surface area contributed by atoms with Crippen molar-refractivity contribution >= 4 is 40.1 Å². The van der Waals surface area contributed by atoms with Gasteiger partial charge in [-0.05, 0) is 25.1 Å². The lowest BCUT2D eigenvalue weighted by atomic mass is 10.1. The minimum absolute atomic E-state index is 0.0914. The molecule has 0 aliphatic carbocycles. The van der Waals surface area contributed by atoms with E-state index in [4.69, 9.17) is 22.1 Å². The number of nitrogens with zero attached hydrogens (tertiary/aromatic N) is 3. The van der Waals surface area contributed by atoms with Gasteiger partial charge in [-0.3, -0.25) is 0 Å². The summed E-state index contributed by atoms with van der Waals surface area (Å²) in [6.07, 6.45) is -1.70. The number of nitrogens with one attached hydrogen (secondary N) is 2. The van der Waals surface area contributed by atoms with E-state index in [1.165, 1.54) is 37.5 Å². The van der Waals surface area contributed by atoms with Crippen molar-refractivity contribution in [2.24, 2.45) is 0 Å². The molecule has 0 aliphatic heterocycles. The van der Waals surface area contributed by atoms with Crippen molar-refractivity contribution in [3.05, 3.63) is 58.8 Å². The highest BCUT2D eigenvalue weighted by Crippen LogP contribution is 2.37. The molecule has 0 atom stereocenters. The van der Waals surface area contributed by atoms with Crippen LogP contribution < -0.4 is 15.8 Å². The summed E-state index contributed by atoms with van der Waals surface area (Å²) in [5, 5.41) is 3.47. The van der Waals surface area contributed by atoms with E-state index in [2.05, 4.69) is 25.3 Å². The number of hydrogen-bond donors (Lipinski definition) is 3. The third-order valence-electron chi connectivity index (χ3n) is 4.35. The number of hydrogen-bond acceptors (Lipinski definition) is 6. The minimum Gasteiger partial charge on any atom is -0.453 e. The zero-order valence-electron chi connectivity index (χ0n) is 15.7. The molecule has 0 saturated carbocycles. The SMILES string of the molecule is Cc1c(Nc2cc(C(F)(F)F)nc(N)n2)ccc(Oc2ccnc3[nH]cc(Cl)c23)c1F. The minimum atomic E-state index is -4.71. The molecular weight excluding hydrogens is 440 g/mol. The predicted octanol–water partition coefficient (Wildman–Crippen LogP) is 5.59. The van der Waals surface area contributed by atoms with Gasteiger partial charge < -0.3 is 20.8 Å². The monoisotopic (exact) mass is 452 g/mol. The summed E-state index contributed by atoms with van der Waals surface area (Å²) in [7, 11) is 0. The van der Waals surface area contributed by atoms with Gasteiger partial charge in [0.1, 0.15) is 17.2 Å². The number of rotatable bonds is 4. The Bertz CT molecular complexity index is 1290. The Kier molecular flexibility index (Phi) is 5.05. The third kappa shape index (κ3) is 4.04. The molecule has 3 heterocycles. The maximum absolute atomic E-state index is 15.0. The van der Waals surface area contributed by atoms with Crippen LogP contribution in [0.2, 0.25) is 5.02 Å². The van der Waals surface area contributed by atoms with Gasteiger partial charge in [-0.2, -0.15) is 18.2 Å². The van der Waals surface area contributed by atoms with Crippen molar-refractivity contribution in [3.8, 4) is 11.5 Å². The van der Waals surface area contributed by atoms with Gasteiger partial charge in [-0.1, -0.05) is 11.6 Å². The quantitative estimate of drug-likeness (QED) is 0.349. The first-order valence-electron chi connectivity index (χ1n) is 8.71. The average Bonchev–Trinajstić information content (AvgIpc) is 3.08. The van der Waals surface area contributed by atoms with Crippen LogP contribution in [-0.2, 0) is 6.18 Å². The highest BCUT2D eigenvalue weighted by molar-refractivity contribution is 6.36. The Morgan fingerprint density at radius 1 is 1.16 bits per heavy atom. The molecule has 12 heteroatoms. The molecular formula is C19H13ClF4N6O. The highest BCUT2D eigenvalue weighted by atomic mass is 35.5. The summed E-state index contributed by atoms with van der Waals surface area (Å²) >= 11 is 6.13. The van der Waals surface area contributed by atoms with E-state index in [-0.39, 0.29) is 28.6 Å². The number of alkyl halides is 3. The number of nitrogen functional groups attached to an aromatic ring is 1. The fraction of sp³-hybridized carbons (Fsp3) is 0.105. The van der Waals surface area contributed by atoms with Crippen LogP contribution in [0.4, 0.5) is 35.0 Å². The van der Waals surface area contributed by atoms with Gasteiger partial charge in [0.2, 0.25) is 5.95 Å². The molecule has 0 radical (unpaired) electrons. The van der Waals surface area contributed by atoms with Crippen molar-refractivity contribution < 1.29 is 22.3 Å². The first-order valence-corrected chi connectivity index (χ1v) is 9.08. The largest absolute Gasteiger partial charge is 0.453 e. The van der Waals surface area contributed by atoms with Gasteiger partial charge in [-0.25, -0.2) is 14.4 Å². The van der Waals surface area contributed by atoms with Gasteiger partial charge in [0, 0.05) is 29.7 Å². The predicted molar refractivity (Wildman–Crippen MR) is 107 cm³/mol. The molecule has 4 N–H and O–H groups in total. The topological polar surface area (TPSA) is 102 Å². The molecule has 0 fully saturated rings. The van der Waals surface area contributed by atoms with Crippen LogP contribution >= 0.6 is 11.6 Å². The molecule has 1 aromatic carbocycles. The molecule has 3 aromatic heterocycles. The first kappa shape index (κ1) is 20.7. The number of aromatic amines is 1. The molecule has 4 aromatic rings. The molecule has 0 spiro atoms. The Morgan fingerprint density at radius 2 is 1.94 bits per heavy atom. The standard InChI is InChI=1S/C19H13ClF4N6O/c1-8-10(28-14-6-13(19(22,23)24)29-18(25)30-14)2-3-12(16(8)21)31-11-4-5-26-17-15(11)9(20)7-27-17/h2-7H,1H3,(H,26,27)(H3,25,28,29,30). The van der Waals surface area contributed by atoms with E-state index in [9.17, 15) is 17.6 Å². The van der Waals surface area contributed by atoms with Crippen LogP contribution in [0.1, 0.15) is 11.3 Å². The van der Waals surface area contributed by atoms with E-state index in [0.29, 0.717) is 22.1 Å². The molecule has 0 aliphatic rings. The van der Waals surface area contributed by atoms with Gasteiger partial charge in [-0.15, -0.1) is 0 Å². The molecule has 31 heavy (non-hydrogen) atoms. The van der Waals surface area contributed by atoms with E-state index in [1.54, 1.807) is 0 Å². The second kappa shape index (κ2) is 7.58. The van der Waals surface area contributed by atoms with Gasteiger partial charge in [0.15, 0.2) is 17.3 Å². The van der Waals surface area contributed by atoms with Gasteiger partial charge >= 0.3 is 6.18 Å². The fourth-order valence-corrected chi connectivity index (χ4v) is 3.12. The fourth-order valence-electron chi connectivity index (χ4n) is 2.88. The van der Waals surface area contributed by atoms with Crippen LogP contribution in [-0.4, -0.2) is 19.9 Å². The summed E-state index contributed by atoms with van der Waals surface area (Å²) < 4.78 is 59.5. The smallest absolute Gasteiger partial charge is 0.433 e. The van der Waals surface area contributed by atoms with Gasteiger partial charge in [0.05, 0.1) is 10.4 Å². The Balaban J connectivity index is 1.65. The number of halogens is 5. The van der Waals surface area contributed by atoms with Crippen LogP contribution in [0.25, 0.3) is 11.0 Å². The maximum atomic E-state index is 15.0. The lowest BCUT2D eigenvalue weighted by Crippen LogP contribution is -2.12. The van der Waals surface area contributed by atoms with E-state index in [1.807, 2.05) is 0 Å². The Morgan fingerprint density at radius 3 is 2.68 bits per heavy atom. The van der Waals surface area contributed by atoms with Crippen molar-refractivity contribution in [1.29, 1.82) is 0 Å².